The number of nitrogens with zero attached hydrogens (tertiary/aromatic N) is 1. The first-order chi connectivity index (χ1) is 7.15. The molecule has 1 aliphatic rings. The molecule has 4 nitrogen and oxygen atoms in total. The van der Waals surface area contributed by atoms with Gasteiger partial charge in [-0.1, -0.05) is 6.42 Å². The normalized spacial score (nSPS) is 24.9. The van der Waals surface area contributed by atoms with Crippen LogP contribution in [0.3, 0.4) is 0 Å². The minimum absolute atomic E-state index is 0.306. The van der Waals surface area contributed by atoms with E-state index in [4.69, 9.17) is 5.73 Å². The van der Waals surface area contributed by atoms with Gasteiger partial charge in [0, 0.05) is 12.6 Å². The topological polar surface area (TPSA) is 55.6 Å². The molecule has 2 unspecified atom stereocenters. The van der Waals surface area contributed by atoms with Crippen LogP contribution >= 0.6 is 0 Å². The van der Waals surface area contributed by atoms with Crippen molar-refractivity contribution < 1.29 is 9.53 Å². The van der Waals surface area contributed by atoms with Crippen LogP contribution in [0.1, 0.15) is 32.6 Å². The van der Waals surface area contributed by atoms with Crippen molar-refractivity contribution in [1.82, 2.24) is 4.90 Å². The Balaban J connectivity index is 2.26. The molecule has 0 aromatic rings. The number of nitrogens with two attached hydrogens (primary N) is 1. The Kier molecular flexibility index (Phi) is 5.05. The summed E-state index contributed by atoms with van der Waals surface area (Å²) >= 11 is 0. The van der Waals surface area contributed by atoms with E-state index in [0.717, 1.165) is 13.1 Å². The van der Waals surface area contributed by atoms with Crippen molar-refractivity contribution >= 4 is 5.97 Å². The van der Waals surface area contributed by atoms with E-state index >= 15 is 0 Å². The number of esters is 1. The number of hydrogen-bond donors (Lipinski definition) is 1. The molecular weight excluding hydrogens is 192 g/mol. The molecule has 1 heterocycles. The number of carbonyl (C=O) groups is 1. The third kappa shape index (κ3) is 3.80. The fourth-order valence-electron chi connectivity index (χ4n) is 2.06. The van der Waals surface area contributed by atoms with Gasteiger partial charge < -0.3 is 15.4 Å². The van der Waals surface area contributed by atoms with E-state index in [1.807, 2.05) is 0 Å². The summed E-state index contributed by atoms with van der Waals surface area (Å²) < 4.78 is 4.60. The van der Waals surface area contributed by atoms with E-state index in [0.29, 0.717) is 12.5 Å². The molecule has 1 fully saturated rings. The third-order valence-corrected chi connectivity index (χ3v) is 3.17. The van der Waals surface area contributed by atoms with Gasteiger partial charge in [-0.3, -0.25) is 4.79 Å². The van der Waals surface area contributed by atoms with Crippen molar-refractivity contribution in [3.8, 4) is 0 Å². The number of carbonyl (C=O) groups excluding carboxylic acids is 1. The molecule has 88 valence electrons. The van der Waals surface area contributed by atoms with Crippen molar-refractivity contribution in [2.45, 2.75) is 44.7 Å². The Hall–Kier alpha value is -0.610. The molecule has 2 N–H and O–H groups in total. The molecule has 0 aromatic heterocycles. The lowest BCUT2D eigenvalue weighted by Crippen LogP contribution is -2.42. The van der Waals surface area contributed by atoms with E-state index in [1.165, 1.54) is 26.4 Å². The molecule has 2 atom stereocenters. The third-order valence-electron chi connectivity index (χ3n) is 3.17. The average Bonchev–Trinajstić information content (AvgIpc) is 2.26. The maximum Gasteiger partial charge on any atom is 0.322 e. The summed E-state index contributed by atoms with van der Waals surface area (Å²) in [6, 6.07) is 0.160. The first-order valence-corrected chi connectivity index (χ1v) is 5.72. The lowest BCUT2D eigenvalue weighted by atomic mass is 10.0. The molecule has 1 saturated heterocycles. The number of ether oxygens (including phenoxy) is 1. The van der Waals surface area contributed by atoms with Crippen LogP contribution in [0, 0.1) is 0 Å². The molecule has 4 heteroatoms. The van der Waals surface area contributed by atoms with Crippen LogP contribution < -0.4 is 5.73 Å². The summed E-state index contributed by atoms with van der Waals surface area (Å²) in [6.07, 6.45) is 4.53. The van der Waals surface area contributed by atoms with Crippen molar-refractivity contribution in [3.05, 3.63) is 0 Å². The average molecular weight is 214 g/mol. The molecule has 1 rings (SSSR count). The van der Waals surface area contributed by atoms with Crippen LogP contribution in [0.5, 0.6) is 0 Å². The predicted molar refractivity (Wildman–Crippen MR) is 59.5 cm³/mol. The molecule has 15 heavy (non-hydrogen) atoms. The van der Waals surface area contributed by atoms with E-state index in [1.54, 1.807) is 0 Å². The van der Waals surface area contributed by atoms with Gasteiger partial charge in [-0.2, -0.15) is 0 Å². The van der Waals surface area contributed by atoms with Crippen LogP contribution in [-0.2, 0) is 9.53 Å². The highest BCUT2D eigenvalue weighted by Crippen LogP contribution is 2.16. The van der Waals surface area contributed by atoms with Crippen molar-refractivity contribution in [3.63, 3.8) is 0 Å². The van der Waals surface area contributed by atoms with Gasteiger partial charge in [0.05, 0.1) is 7.11 Å². The highest BCUT2D eigenvalue weighted by Gasteiger charge is 2.20. The van der Waals surface area contributed by atoms with Crippen LogP contribution in [0.2, 0.25) is 0 Å². The largest absolute Gasteiger partial charge is 0.468 e. The number of rotatable bonds is 4. The maximum absolute atomic E-state index is 11.1. The number of likely N-dealkylation sites (tertiary alicyclic amines) is 1. The summed E-state index contributed by atoms with van der Waals surface area (Å²) in [5.41, 5.74) is 5.69. The number of piperidine rings is 1. The molecule has 0 radical (unpaired) electrons. The van der Waals surface area contributed by atoms with E-state index < -0.39 is 6.04 Å². The minimum atomic E-state index is -0.468. The Morgan fingerprint density at radius 3 is 2.93 bits per heavy atom. The second-order valence-electron chi connectivity index (χ2n) is 4.30. The SMILES string of the molecule is COC(=O)C(N)CCN1CCCCC1C. The highest BCUT2D eigenvalue weighted by molar-refractivity contribution is 5.75. The second-order valence-corrected chi connectivity index (χ2v) is 4.30. The standard InChI is InChI=1S/C11H22N2O2/c1-9-5-3-4-7-13(9)8-6-10(12)11(14)15-2/h9-10H,3-8,12H2,1-2H3. The van der Waals surface area contributed by atoms with Gasteiger partial charge in [0.2, 0.25) is 0 Å². The summed E-state index contributed by atoms with van der Waals surface area (Å²) in [4.78, 5) is 13.5. The molecule has 0 aliphatic carbocycles. The minimum Gasteiger partial charge on any atom is -0.468 e. The van der Waals surface area contributed by atoms with Crippen LogP contribution in [0.25, 0.3) is 0 Å². The van der Waals surface area contributed by atoms with Crippen molar-refractivity contribution in [2.24, 2.45) is 5.73 Å². The van der Waals surface area contributed by atoms with Crippen LogP contribution in [0.15, 0.2) is 0 Å². The van der Waals surface area contributed by atoms with Gasteiger partial charge in [-0.05, 0) is 32.7 Å². The summed E-state index contributed by atoms with van der Waals surface area (Å²) in [5, 5.41) is 0. The number of methoxy groups -OCH3 is 1. The smallest absolute Gasteiger partial charge is 0.322 e. The fourth-order valence-corrected chi connectivity index (χ4v) is 2.06. The summed E-state index contributed by atoms with van der Waals surface area (Å²) in [6.45, 7) is 4.27. The van der Waals surface area contributed by atoms with Crippen molar-refractivity contribution in [2.75, 3.05) is 20.2 Å². The van der Waals surface area contributed by atoms with E-state index in [9.17, 15) is 4.79 Å². The van der Waals surface area contributed by atoms with Crippen molar-refractivity contribution in [1.29, 1.82) is 0 Å². The quantitative estimate of drug-likeness (QED) is 0.702. The van der Waals surface area contributed by atoms with Crippen LogP contribution in [-0.4, -0.2) is 43.2 Å². The first-order valence-electron chi connectivity index (χ1n) is 5.72. The zero-order valence-corrected chi connectivity index (χ0v) is 9.74. The zero-order valence-electron chi connectivity index (χ0n) is 9.74. The van der Waals surface area contributed by atoms with Gasteiger partial charge in [-0.25, -0.2) is 0 Å². The lowest BCUT2D eigenvalue weighted by Gasteiger charge is -2.33. The first kappa shape index (κ1) is 12.5. The maximum atomic E-state index is 11.1. The molecular formula is C11H22N2O2. The Morgan fingerprint density at radius 2 is 2.33 bits per heavy atom. The summed E-state index contributed by atoms with van der Waals surface area (Å²) in [5.74, 6) is -0.306. The lowest BCUT2D eigenvalue weighted by molar-refractivity contribution is -0.142. The van der Waals surface area contributed by atoms with E-state index in [-0.39, 0.29) is 5.97 Å². The Bertz CT molecular complexity index is 209. The molecule has 0 amide bonds. The molecule has 0 aromatic carbocycles. The van der Waals surface area contributed by atoms with Gasteiger partial charge in [-0.15, -0.1) is 0 Å². The van der Waals surface area contributed by atoms with Gasteiger partial charge in [0.1, 0.15) is 6.04 Å². The highest BCUT2D eigenvalue weighted by atomic mass is 16.5. The number of hydrogen-bond acceptors (Lipinski definition) is 4. The molecule has 0 saturated carbocycles. The Labute approximate surface area is 91.8 Å². The van der Waals surface area contributed by atoms with Crippen LogP contribution in [0.4, 0.5) is 0 Å². The Morgan fingerprint density at radius 1 is 1.60 bits per heavy atom. The monoisotopic (exact) mass is 214 g/mol. The molecule has 0 spiro atoms. The van der Waals surface area contributed by atoms with E-state index in [2.05, 4.69) is 16.6 Å². The predicted octanol–water partition coefficient (Wildman–Crippen LogP) is 0.751. The summed E-state index contributed by atoms with van der Waals surface area (Å²) in [7, 11) is 1.38. The van der Waals surface area contributed by atoms with Gasteiger partial charge in [0.15, 0.2) is 0 Å². The molecule has 0 bridgehead atoms. The second kappa shape index (κ2) is 6.08. The van der Waals surface area contributed by atoms with Gasteiger partial charge in [0.25, 0.3) is 0 Å². The van der Waals surface area contributed by atoms with Gasteiger partial charge >= 0.3 is 5.97 Å². The molecule has 1 aliphatic heterocycles. The fraction of sp³-hybridized carbons (Fsp3) is 0.909. The zero-order chi connectivity index (χ0) is 11.3.